The van der Waals surface area contributed by atoms with Crippen molar-refractivity contribution in [3.8, 4) is 0 Å². The lowest BCUT2D eigenvalue weighted by molar-refractivity contribution is 0.0978. The topological polar surface area (TPSA) is 80.5 Å². The van der Waals surface area contributed by atoms with Crippen LogP contribution in [0.25, 0.3) is 5.65 Å². The molecule has 0 atom stereocenters. The van der Waals surface area contributed by atoms with E-state index in [-0.39, 0.29) is 34.1 Å². The minimum atomic E-state index is -0.504. The number of amides is 1. The van der Waals surface area contributed by atoms with E-state index in [4.69, 9.17) is 23.2 Å². The Bertz CT molecular complexity index is 1460. The molecule has 0 saturated heterocycles. The van der Waals surface area contributed by atoms with Gasteiger partial charge in [-0.1, -0.05) is 59.6 Å². The predicted molar refractivity (Wildman–Crippen MR) is 118 cm³/mol. The lowest BCUT2D eigenvalue weighted by Crippen LogP contribution is -2.24. The van der Waals surface area contributed by atoms with Crippen LogP contribution in [0.1, 0.15) is 48.0 Å². The minimum absolute atomic E-state index is 0.169. The molecule has 0 unspecified atom stereocenters. The monoisotopic (exact) mass is 449 g/mol. The lowest BCUT2D eigenvalue weighted by Gasteiger charge is -2.20. The second kappa shape index (κ2) is 7.04. The number of carbonyl (C=O) groups is 3. The van der Waals surface area contributed by atoms with E-state index in [0.29, 0.717) is 32.5 Å². The summed E-state index contributed by atoms with van der Waals surface area (Å²) in [4.78, 5) is 43.6. The van der Waals surface area contributed by atoms with Gasteiger partial charge in [0.15, 0.2) is 17.2 Å². The van der Waals surface area contributed by atoms with Gasteiger partial charge in [-0.2, -0.15) is 0 Å². The number of halogens is 2. The fraction of sp³-hybridized carbons (Fsp3) is 0.0435. The number of aromatic nitrogens is 2. The van der Waals surface area contributed by atoms with Crippen LogP contribution in [0, 0.1) is 6.92 Å². The minimum Gasteiger partial charge on any atom is -0.320 e. The number of nitrogens with zero attached hydrogens (tertiary/aromatic N) is 2. The summed E-state index contributed by atoms with van der Waals surface area (Å²) in [6.07, 6.45) is 1.54. The Morgan fingerprint density at radius 2 is 1.65 bits per heavy atom. The van der Waals surface area contributed by atoms with Crippen molar-refractivity contribution in [2.24, 2.45) is 0 Å². The van der Waals surface area contributed by atoms with E-state index in [1.807, 2.05) is 0 Å². The Hall–Kier alpha value is -3.48. The number of rotatable bonds is 2. The molecule has 0 aliphatic heterocycles. The van der Waals surface area contributed by atoms with Gasteiger partial charge in [0.2, 0.25) is 0 Å². The van der Waals surface area contributed by atoms with Crippen molar-refractivity contribution in [3.05, 3.63) is 98.4 Å². The molecule has 1 aliphatic rings. The van der Waals surface area contributed by atoms with Crippen molar-refractivity contribution >= 4 is 52.0 Å². The third-order valence-electron chi connectivity index (χ3n) is 5.23. The highest BCUT2D eigenvalue weighted by Crippen LogP contribution is 2.32. The van der Waals surface area contributed by atoms with Gasteiger partial charge in [-0.15, -0.1) is 0 Å². The average molecular weight is 450 g/mol. The van der Waals surface area contributed by atoms with Gasteiger partial charge >= 0.3 is 0 Å². The fourth-order valence-corrected chi connectivity index (χ4v) is 4.40. The van der Waals surface area contributed by atoms with Crippen molar-refractivity contribution in [2.45, 2.75) is 6.92 Å². The molecule has 0 fully saturated rings. The molecule has 2 aromatic heterocycles. The van der Waals surface area contributed by atoms with Gasteiger partial charge < -0.3 is 5.32 Å². The number of anilines is 1. The van der Waals surface area contributed by atoms with Gasteiger partial charge in [-0.05, 0) is 19.1 Å². The normalized spacial score (nSPS) is 12.6. The number of aryl methyl sites for hydroxylation is 1. The first-order chi connectivity index (χ1) is 14.9. The van der Waals surface area contributed by atoms with E-state index < -0.39 is 5.91 Å². The van der Waals surface area contributed by atoms with E-state index in [0.717, 1.165) is 0 Å². The number of hydrogen-bond donors (Lipinski definition) is 1. The fourth-order valence-electron chi connectivity index (χ4n) is 3.89. The summed E-state index contributed by atoms with van der Waals surface area (Å²) in [5, 5.41) is 3.42. The van der Waals surface area contributed by atoms with Crippen LogP contribution in [0.3, 0.4) is 0 Å². The molecular formula is C23H13Cl2N3O3. The molecular weight excluding hydrogens is 437 g/mol. The van der Waals surface area contributed by atoms with Gasteiger partial charge in [0.1, 0.15) is 5.69 Å². The first-order valence-corrected chi connectivity index (χ1v) is 10.1. The van der Waals surface area contributed by atoms with Gasteiger partial charge in [-0.25, -0.2) is 4.98 Å². The Labute approximate surface area is 186 Å². The van der Waals surface area contributed by atoms with Crippen molar-refractivity contribution in [3.63, 3.8) is 0 Å². The highest BCUT2D eigenvalue weighted by Gasteiger charge is 2.32. The summed E-state index contributed by atoms with van der Waals surface area (Å²) in [7, 11) is 0. The first kappa shape index (κ1) is 19.5. The number of carbonyl (C=O) groups excluding carboxylic acids is 3. The van der Waals surface area contributed by atoms with E-state index >= 15 is 0 Å². The van der Waals surface area contributed by atoms with Crippen LogP contribution in [0.15, 0.2) is 54.7 Å². The number of nitrogens with one attached hydrogen (secondary N) is 1. The summed E-state index contributed by atoms with van der Waals surface area (Å²) >= 11 is 12.3. The van der Waals surface area contributed by atoms with Crippen LogP contribution in [0.2, 0.25) is 10.0 Å². The summed E-state index contributed by atoms with van der Waals surface area (Å²) in [6.45, 7) is 1.68. The first-order valence-electron chi connectivity index (χ1n) is 9.33. The van der Waals surface area contributed by atoms with E-state index in [1.54, 1.807) is 61.7 Å². The number of benzene rings is 2. The number of hydrogen-bond acceptors (Lipinski definition) is 4. The molecule has 6 nitrogen and oxygen atoms in total. The Kier molecular flexibility index (Phi) is 4.43. The molecule has 1 N–H and O–H groups in total. The van der Waals surface area contributed by atoms with Crippen molar-refractivity contribution in [1.82, 2.24) is 9.38 Å². The zero-order valence-electron chi connectivity index (χ0n) is 16.1. The Morgan fingerprint density at radius 1 is 0.968 bits per heavy atom. The van der Waals surface area contributed by atoms with Crippen LogP contribution in [-0.2, 0) is 0 Å². The lowest BCUT2D eigenvalue weighted by atomic mass is 9.83. The van der Waals surface area contributed by atoms with Crippen LogP contribution < -0.4 is 5.32 Å². The zero-order valence-corrected chi connectivity index (χ0v) is 17.6. The Balaban J connectivity index is 1.61. The Morgan fingerprint density at radius 3 is 2.39 bits per heavy atom. The molecule has 0 saturated carbocycles. The maximum Gasteiger partial charge on any atom is 0.274 e. The third-order valence-corrected chi connectivity index (χ3v) is 5.72. The molecule has 0 spiro atoms. The maximum atomic E-state index is 13.2. The van der Waals surface area contributed by atoms with Crippen molar-refractivity contribution in [1.29, 1.82) is 0 Å². The smallest absolute Gasteiger partial charge is 0.274 e. The zero-order chi connectivity index (χ0) is 21.9. The molecule has 152 valence electrons. The molecule has 31 heavy (non-hydrogen) atoms. The van der Waals surface area contributed by atoms with Crippen LogP contribution in [-0.4, -0.2) is 26.9 Å². The predicted octanol–water partition coefficient (Wildman–Crippen LogP) is 4.98. The summed E-state index contributed by atoms with van der Waals surface area (Å²) in [5.41, 5.74) is 2.40. The standard InChI is InChI=1S/C23H13Cl2N3O3/c1-11-19(28-10-12(24)9-16(25)22(28)26-11)23(31)27-17-8-4-7-15-18(17)21(30)14-6-3-2-5-13(14)20(15)29/h2-10H,1H3,(H,27,31). The van der Waals surface area contributed by atoms with Crippen molar-refractivity contribution in [2.75, 3.05) is 5.32 Å². The summed E-state index contributed by atoms with van der Waals surface area (Å²) in [5.74, 6) is -1.08. The molecule has 0 radical (unpaired) electrons. The molecule has 2 heterocycles. The molecule has 4 aromatic rings. The van der Waals surface area contributed by atoms with E-state index in [9.17, 15) is 14.4 Å². The number of ketones is 2. The van der Waals surface area contributed by atoms with Crippen LogP contribution in [0.5, 0.6) is 0 Å². The number of imidazole rings is 1. The van der Waals surface area contributed by atoms with E-state index in [1.165, 1.54) is 4.40 Å². The average Bonchev–Trinajstić information content (AvgIpc) is 3.08. The molecule has 0 bridgehead atoms. The molecule has 1 aliphatic carbocycles. The second-order valence-corrected chi connectivity index (χ2v) is 7.98. The summed E-state index contributed by atoms with van der Waals surface area (Å²) in [6, 6.07) is 13.0. The SMILES string of the molecule is Cc1nc2c(Cl)cc(Cl)cn2c1C(=O)Nc1cccc2c1C(=O)c1ccccc1C2=O. The molecule has 8 heteroatoms. The largest absolute Gasteiger partial charge is 0.320 e. The molecule has 2 aromatic carbocycles. The highest BCUT2D eigenvalue weighted by atomic mass is 35.5. The van der Waals surface area contributed by atoms with Gasteiger partial charge in [0, 0.05) is 22.9 Å². The van der Waals surface area contributed by atoms with Crippen LogP contribution in [0.4, 0.5) is 5.69 Å². The number of pyridine rings is 1. The third kappa shape index (κ3) is 2.95. The van der Waals surface area contributed by atoms with Crippen molar-refractivity contribution < 1.29 is 14.4 Å². The second-order valence-electron chi connectivity index (χ2n) is 7.13. The van der Waals surface area contributed by atoms with Crippen LogP contribution >= 0.6 is 23.2 Å². The summed E-state index contributed by atoms with van der Waals surface area (Å²) < 4.78 is 1.51. The quantitative estimate of drug-likeness (QED) is 0.412. The van der Waals surface area contributed by atoms with Gasteiger partial charge in [-0.3, -0.25) is 18.8 Å². The van der Waals surface area contributed by atoms with Gasteiger partial charge in [0.25, 0.3) is 5.91 Å². The van der Waals surface area contributed by atoms with Gasteiger partial charge in [0.05, 0.1) is 27.0 Å². The number of fused-ring (bicyclic) bond motifs is 3. The molecule has 5 rings (SSSR count). The molecule has 1 amide bonds. The maximum absolute atomic E-state index is 13.2. The van der Waals surface area contributed by atoms with E-state index in [2.05, 4.69) is 10.3 Å². The highest BCUT2D eigenvalue weighted by molar-refractivity contribution is 6.36.